The van der Waals surface area contributed by atoms with Gasteiger partial charge in [0.05, 0.1) is 18.5 Å². The second-order valence-electron chi connectivity index (χ2n) is 8.13. The number of fused-ring (bicyclic) bond motifs is 1. The van der Waals surface area contributed by atoms with Crippen LogP contribution in [0.4, 0.5) is 0 Å². The molecule has 4 rings (SSSR count). The zero-order chi connectivity index (χ0) is 24.5. The number of nitrogens with one attached hydrogen (secondary N) is 1. The van der Waals surface area contributed by atoms with Gasteiger partial charge in [0.1, 0.15) is 0 Å². The van der Waals surface area contributed by atoms with Gasteiger partial charge in [0.2, 0.25) is 10.0 Å². The third-order valence-electron chi connectivity index (χ3n) is 5.56. The number of benzene rings is 3. The number of nitrogens with zero attached hydrogens (tertiary/aromatic N) is 1. The number of Topliss-reactive ketones (excluding diaryl/α,β-unsaturated/α-hetero) is 1. The summed E-state index contributed by atoms with van der Waals surface area (Å²) in [6.07, 6.45) is 1.09. The molecule has 0 aromatic heterocycles. The number of carbonyl (C=O) groups excluding carboxylic acids is 2. The first-order valence-corrected chi connectivity index (χ1v) is 13.3. The van der Waals surface area contributed by atoms with E-state index in [1.165, 1.54) is 11.8 Å². The predicted octanol–water partition coefficient (Wildman–Crippen LogP) is 4.50. The van der Waals surface area contributed by atoms with E-state index in [4.69, 9.17) is 0 Å². The molecule has 0 atom stereocenters. The first-order chi connectivity index (χ1) is 16.1. The van der Waals surface area contributed by atoms with Crippen molar-refractivity contribution in [2.75, 3.05) is 6.26 Å². The Labute approximate surface area is 207 Å². The van der Waals surface area contributed by atoms with Crippen LogP contribution in [-0.2, 0) is 27.9 Å². The Bertz CT molecular complexity index is 1400. The number of carbonyl (C=O) groups is 2. The van der Waals surface area contributed by atoms with E-state index in [1.807, 2.05) is 48.5 Å². The van der Waals surface area contributed by atoms with Gasteiger partial charge < -0.3 is 0 Å². The second kappa shape index (κ2) is 9.66. The van der Waals surface area contributed by atoms with Crippen molar-refractivity contribution in [2.24, 2.45) is 0 Å². The first-order valence-electron chi connectivity index (χ1n) is 10.6. The molecule has 1 heterocycles. The summed E-state index contributed by atoms with van der Waals surface area (Å²) in [4.78, 5) is 28.1. The number of allylic oxidation sites excluding steroid dienone is 1. The van der Waals surface area contributed by atoms with Crippen LogP contribution >= 0.6 is 15.9 Å². The van der Waals surface area contributed by atoms with E-state index >= 15 is 0 Å². The number of ketones is 1. The largest absolute Gasteiger partial charge is 0.300 e. The standard InChI is InChI=1S/C26H23BrN2O4S/c1-17(30)25-24(19-6-4-3-5-7-19)23-14-22(27)13-12-21(23)16-29(25)26(31)20-10-8-18(9-11-20)15-28-34(2,32)33/h3-14,28H,15-16H2,1-2H3. The van der Waals surface area contributed by atoms with Crippen molar-refractivity contribution < 1.29 is 18.0 Å². The van der Waals surface area contributed by atoms with Crippen molar-refractivity contribution >= 4 is 43.2 Å². The molecule has 34 heavy (non-hydrogen) atoms. The molecule has 1 N–H and O–H groups in total. The fourth-order valence-corrected chi connectivity index (χ4v) is 4.79. The third-order valence-corrected chi connectivity index (χ3v) is 6.72. The number of halogens is 1. The SMILES string of the molecule is CC(=O)C1=C(c2ccccc2)c2cc(Br)ccc2CN1C(=O)c1ccc(CNS(C)(=O)=O)cc1. The van der Waals surface area contributed by atoms with Crippen LogP contribution in [0.15, 0.2) is 83.0 Å². The molecule has 6 nitrogen and oxygen atoms in total. The summed E-state index contributed by atoms with van der Waals surface area (Å²) in [7, 11) is -3.32. The predicted molar refractivity (Wildman–Crippen MR) is 135 cm³/mol. The molecule has 8 heteroatoms. The fraction of sp³-hybridized carbons (Fsp3) is 0.154. The lowest BCUT2D eigenvalue weighted by molar-refractivity contribution is -0.114. The number of amides is 1. The molecule has 0 radical (unpaired) electrons. The lowest BCUT2D eigenvalue weighted by Gasteiger charge is -2.33. The molecule has 0 aliphatic carbocycles. The zero-order valence-corrected chi connectivity index (χ0v) is 21.1. The van der Waals surface area contributed by atoms with Crippen molar-refractivity contribution in [1.29, 1.82) is 0 Å². The summed E-state index contributed by atoms with van der Waals surface area (Å²) in [6, 6.07) is 22.1. The van der Waals surface area contributed by atoms with E-state index < -0.39 is 10.0 Å². The highest BCUT2D eigenvalue weighted by Gasteiger charge is 2.32. The van der Waals surface area contributed by atoms with Crippen LogP contribution in [0.3, 0.4) is 0 Å². The molecule has 174 valence electrons. The summed E-state index contributed by atoms with van der Waals surface area (Å²) in [6.45, 7) is 1.88. The van der Waals surface area contributed by atoms with Gasteiger partial charge >= 0.3 is 0 Å². The Hall–Kier alpha value is -3.07. The number of rotatable bonds is 6. The number of sulfonamides is 1. The maximum atomic E-state index is 13.6. The van der Waals surface area contributed by atoms with Crippen molar-refractivity contribution in [3.63, 3.8) is 0 Å². The van der Waals surface area contributed by atoms with E-state index in [0.717, 1.165) is 38.6 Å². The Morgan fingerprint density at radius 1 is 1.00 bits per heavy atom. The molecule has 1 aliphatic heterocycles. The second-order valence-corrected chi connectivity index (χ2v) is 10.9. The summed E-state index contributed by atoms with van der Waals surface area (Å²) < 4.78 is 26.0. The van der Waals surface area contributed by atoms with Gasteiger partial charge in [0.25, 0.3) is 5.91 Å². The van der Waals surface area contributed by atoms with Gasteiger partial charge in [0, 0.05) is 29.1 Å². The van der Waals surface area contributed by atoms with Crippen LogP contribution in [0.5, 0.6) is 0 Å². The van der Waals surface area contributed by atoms with E-state index in [-0.39, 0.29) is 24.8 Å². The highest BCUT2D eigenvalue weighted by molar-refractivity contribution is 9.10. The lowest BCUT2D eigenvalue weighted by Crippen LogP contribution is -2.36. The van der Waals surface area contributed by atoms with Crippen LogP contribution in [0, 0.1) is 0 Å². The zero-order valence-electron chi connectivity index (χ0n) is 18.7. The van der Waals surface area contributed by atoms with Crippen molar-refractivity contribution in [1.82, 2.24) is 9.62 Å². The smallest absolute Gasteiger partial charge is 0.258 e. The van der Waals surface area contributed by atoms with E-state index in [9.17, 15) is 18.0 Å². The lowest BCUT2D eigenvalue weighted by atomic mass is 9.87. The summed E-state index contributed by atoms with van der Waals surface area (Å²) in [5.74, 6) is -0.498. The molecular formula is C26H23BrN2O4S. The summed E-state index contributed by atoms with van der Waals surface area (Å²) >= 11 is 3.53. The minimum Gasteiger partial charge on any atom is -0.300 e. The molecule has 0 spiro atoms. The van der Waals surface area contributed by atoms with Crippen LogP contribution in [0.25, 0.3) is 5.57 Å². The van der Waals surface area contributed by atoms with E-state index in [0.29, 0.717) is 11.3 Å². The molecule has 0 unspecified atom stereocenters. The highest BCUT2D eigenvalue weighted by atomic mass is 79.9. The molecule has 3 aromatic rings. The quantitative estimate of drug-likeness (QED) is 0.500. The summed E-state index contributed by atoms with van der Waals surface area (Å²) in [5, 5.41) is 0. The number of hydrogen-bond acceptors (Lipinski definition) is 4. The minimum atomic E-state index is -3.32. The maximum Gasteiger partial charge on any atom is 0.258 e. The first kappa shape index (κ1) is 24.1. The van der Waals surface area contributed by atoms with E-state index in [2.05, 4.69) is 20.7 Å². The molecule has 1 aliphatic rings. The Kier molecular flexibility index (Phi) is 6.84. The molecule has 0 saturated carbocycles. The average Bonchev–Trinajstić information content (AvgIpc) is 2.81. The third kappa shape index (κ3) is 5.19. The topological polar surface area (TPSA) is 83.6 Å². The van der Waals surface area contributed by atoms with Gasteiger partial charge in [-0.15, -0.1) is 0 Å². The maximum absolute atomic E-state index is 13.6. The minimum absolute atomic E-state index is 0.135. The molecule has 1 amide bonds. The van der Waals surface area contributed by atoms with Crippen molar-refractivity contribution in [3.8, 4) is 0 Å². The molecule has 0 fully saturated rings. The van der Waals surface area contributed by atoms with Crippen molar-refractivity contribution in [2.45, 2.75) is 20.0 Å². The van der Waals surface area contributed by atoms with Gasteiger partial charge in [-0.3, -0.25) is 14.5 Å². The van der Waals surface area contributed by atoms with Gasteiger partial charge in [0.15, 0.2) is 5.78 Å². The van der Waals surface area contributed by atoms with Gasteiger partial charge in [-0.2, -0.15) is 0 Å². The monoisotopic (exact) mass is 538 g/mol. The Morgan fingerprint density at radius 3 is 2.29 bits per heavy atom. The van der Waals surface area contributed by atoms with Crippen LogP contribution in [-0.4, -0.2) is 31.3 Å². The van der Waals surface area contributed by atoms with Crippen LogP contribution in [0.1, 0.15) is 39.5 Å². The summed E-state index contributed by atoms with van der Waals surface area (Å²) in [5.41, 5.74) is 4.92. The van der Waals surface area contributed by atoms with Crippen LogP contribution < -0.4 is 4.72 Å². The molecule has 0 saturated heterocycles. The van der Waals surface area contributed by atoms with E-state index in [1.54, 1.807) is 24.3 Å². The fourth-order valence-electron chi connectivity index (χ4n) is 4.00. The Balaban J connectivity index is 1.78. The normalized spacial score (nSPS) is 13.6. The van der Waals surface area contributed by atoms with Gasteiger partial charge in [-0.05, 0) is 46.5 Å². The molecule has 3 aromatic carbocycles. The molecule has 0 bridgehead atoms. The Morgan fingerprint density at radius 2 is 1.68 bits per heavy atom. The van der Waals surface area contributed by atoms with Gasteiger partial charge in [-0.25, -0.2) is 13.1 Å². The van der Waals surface area contributed by atoms with Gasteiger partial charge in [-0.1, -0.05) is 64.5 Å². The van der Waals surface area contributed by atoms with Crippen molar-refractivity contribution in [3.05, 3.63) is 111 Å². The highest BCUT2D eigenvalue weighted by Crippen LogP contribution is 2.38. The average molecular weight is 539 g/mol. The molecular weight excluding hydrogens is 516 g/mol. The van der Waals surface area contributed by atoms with Crippen LogP contribution in [0.2, 0.25) is 0 Å². The number of hydrogen-bond donors (Lipinski definition) is 1.